The van der Waals surface area contributed by atoms with Gasteiger partial charge in [0.2, 0.25) is 0 Å². The molecule has 0 aliphatic heterocycles. The SMILES string of the molecule is Cc1cc(C)c2nc(Cl)c(C(=O)NCCOC(C)C)cc2c1. The van der Waals surface area contributed by atoms with E-state index in [0.29, 0.717) is 18.7 Å². The van der Waals surface area contributed by atoms with Crippen LogP contribution in [-0.4, -0.2) is 30.1 Å². The molecule has 2 rings (SSSR count). The molecule has 0 aliphatic carbocycles. The summed E-state index contributed by atoms with van der Waals surface area (Å²) < 4.78 is 5.40. The van der Waals surface area contributed by atoms with Crippen molar-refractivity contribution in [2.24, 2.45) is 0 Å². The lowest BCUT2D eigenvalue weighted by molar-refractivity contribution is 0.0746. The molecule has 1 heterocycles. The summed E-state index contributed by atoms with van der Waals surface area (Å²) in [5, 5.41) is 3.95. The molecule has 118 valence electrons. The van der Waals surface area contributed by atoms with Crippen molar-refractivity contribution in [1.29, 1.82) is 0 Å². The van der Waals surface area contributed by atoms with Gasteiger partial charge in [-0.1, -0.05) is 23.2 Å². The molecule has 1 aromatic heterocycles. The molecule has 0 fully saturated rings. The van der Waals surface area contributed by atoms with Crippen LogP contribution in [-0.2, 0) is 4.74 Å². The second kappa shape index (κ2) is 7.07. The number of ether oxygens (including phenoxy) is 1. The topological polar surface area (TPSA) is 51.2 Å². The van der Waals surface area contributed by atoms with Crippen molar-refractivity contribution in [3.05, 3.63) is 40.0 Å². The van der Waals surface area contributed by atoms with Crippen molar-refractivity contribution in [3.63, 3.8) is 0 Å². The molecule has 0 radical (unpaired) electrons. The summed E-state index contributed by atoms with van der Waals surface area (Å²) in [4.78, 5) is 16.6. The fourth-order valence-corrected chi connectivity index (χ4v) is 2.57. The number of hydrogen-bond acceptors (Lipinski definition) is 3. The first kappa shape index (κ1) is 16.7. The van der Waals surface area contributed by atoms with Crippen LogP contribution in [0.5, 0.6) is 0 Å². The maximum Gasteiger partial charge on any atom is 0.254 e. The number of nitrogens with zero attached hydrogens (tertiary/aromatic N) is 1. The number of benzene rings is 1. The number of aromatic nitrogens is 1. The van der Waals surface area contributed by atoms with Crippen LogP contribution in [0.25, 0.3) is 10.9 Å². The summed E-state index contributed by atoms with van der Waals surface area (Å²) in [7, 11) is 0. The molecule has 1 amide bonds. The van der Waals surface area contributed by atoms with Gasteiger partial charge in [0.1, 0.15) is 5.15 Å². The van der Waals surface area contributed by atoms with Crippen LogP contribution in [0.15, 0.2) is 18.2 Å². The minimum Gasteiger partial charge on any atom is -0.377 e. The molecule has 0 bridgehead atoms. The summed E-state index contributed by atoms with van der Waals surface area (Å²) in [5.74, 6) is -0.231. The number of aryl methyl sites for hydroxylation is 2. The Kier molecular flexibility index (Phi) is 5.37. The Morgan fingerprint density at radius 2 is 2.05 bits per heavy atom. The lowest BCUT2D eigenvalue weighted by Crippen LogP contribution is -2.28. The summed E-state index contributed by atoms with van der Waals surface area (Å²) in [6.07, 6.45) is 0.147. The zero-order valence-corrected chi connectivity index (χ0v) is 14.1. The van der Waals surface area contributed by atoms with Gasteiger partial charge >= 0.3 is 0 Å². The fourth-order valence-electron chi connectivity index (χ4n) is 2.34. The zero-order valence-electron chi connectivity index (χ0n) is 13.4. The first-order chi connectivity index (χ1) is 10.4. The first-order valence-corrected chi connectivity index (χ1v) is 7.73. The van der Waals surface area contributed by atoms with Crippen LogP contribution in [0.1, 0.15) is 35.3 Å². The average Bonchev–Trinajstić information content (AvgIpc) is 2.43. The molecule has 0 saturated carbocycles. The average molecular weight is 321 g/mol. The van der Waals surface area contributed by atoms with Crippen molar-refractivity contribution in [1.82, 2.24) is 10.3 Å². The summed E-state index contributed by atoms with van der Waals surface area (Å²) in [6.45, 7) is 8.83. The van der Waals surface area contributed by atoms with Gasteiger partial charge < -0.3 is 10.1 Å². The van der Waals surface area contributed by atoms with Gasteiger partial charge in [-0.3, -0.25) is 4.79 Å². The van der Waals surface area contributed by atoms with Crippen LogP contribution in [0.4, 0.5) is 0 Å². The van der Waals surface area contributed by atoms with Gasteiger partial charge in [-0.2, -0.15) is 0 Å². The largest absolute Gasteiger partial charge is 0.377 e. The van der Waals surface area contributed by atoms with Crippen LogP contribution in [0, 0.1) is 13.8 Å². The molecule has 5 heteroatoms. The highest BCUT2D eigenvalue weighted by Crippen LogP contribution is 2.24. The quantitative estimate of drug-likeness (QED) is 0.675. The number of rotatable bonds is 5. The van der Waals surface area contributed by atoms with Crippen LogP contribution in [0.2, 0.25) is 5.15 Å². The van der Waals surface area contributed by atoms with E-state index in [4.69, 9.17) is 16.3 Å². The third-order valence-electron chi connectivity index (χ3n) is 3.29. The van der Waals surface area contributed by atoms with Gasteiger partial charge in [0.15, 0.2) is 0 Å². The van der Waals surface area contributed by atoms with Crippen LogP contribution in [0.3, 0.4) is 0 Å². The van der Waals surface area contributed by atoms with Crippen molar-refractivity contribution < 1.29 is 9.53 Å². The van der Waals surface area contributed by atoms with Gasteiger partial charge in [-0.15, -0.1) is 0 Å². The lowest BCUT2D eigenvalue weighted by atomic mass is 10.1. The predicted octanol–water partition coefficient (Wildman–Crippen LogP) is 3.66. The highest BCUT2D eigenvalue weighted by Gasteiger charge is 2.14. The molecule has 1 N–H and O–H groups in total. The van der Waals surface area contributed by atoms with Crippen molar-refractivity contribution in [2.75, 3.05) is 13.2 Å². The maximum absolute atomic E-state index is 12.2. The summed E-state index contributed by atoms with van der Waals surface area (Å²) in [6, 6.07) is 5.85. The van der Waals surface area contributed by atoms with E-state index in [-0.39, 0.29) is 17.2 Å². The Hall–Kier alpha value is -1.65. The van der Waals surface area contributed by atoms with Crippen molar-refractivity contribution in [3.8, 4) is 0 Å². The molecular weight excluding hydrogens is 300 g/mol. The Balaban J connectivity index is 2.20. The lowest BCUT2D eigenvalue weighted by Gasteiger charge is -2.11. The zero-order chi connectivity index (χ0) is 16.3. The smallest absolute Gasteiger partial charge is 0.254 e. The molecule has 2 aromatic rings. The van der Waals surface area contributed by atoms with Gasteiger partial charge in [0.05, 0.1) is 23.8 Å². The van der Waals surface area contributed by atoms with E-state index >= 15 is 0 Å². The molecular formula is C17H21ClN2O2. The van der Waals surface area contributed by atoms with Gasteiger partial charge in [0, 0.05) is 11.9 Å². The molecule has 0 atom stereocenters. The maximum atomic E-state index is 12.2. The molecule has 0 aliphatic rings. The van der Waals surface area contributed by atoms with E-state index in [1.165, 1.54) is 0 Å². The molecule has 0 unspecified atom stereocenters. The standard InChI is InChI=1S/C17H21ClN2O2/c1-10(2)22-6-5-19-17(21)14-9-13-8-11(3)7-12(4)15(13)20-16(14)18/h7-10H,5-6H2,1-4H3,(H,19,21). The molecule has 4 nitrogen and oxygen atoms in total. The molecule has 0 saturated heterocycles. The number of carbonyl (C=O) groups excluding carboxylic acids is 1. The Bertz CT molecular complexity index is 699. The Labute approximate surface area is 135 Å². The molecule has 0 spiro atoms. The summed E-state index contributed by atoms with van der Waals surface area (Å²) >= 11 is 6.17. The van der Waals surface area contributed by atoms with Crippen LogP contribution < -0.4 is 5.32 Å². The minimum absolute atomic E-state index is 0.147. The van der Waals surface area contributed by atoms with E-state index in [0.717, 1.165) is 22.0 Å². The monoisotopic (exact) mass is 320 g/mol. The number of halogens is 1. The minimum atomic E-state index is -0.231. The predicted molar refractivity (Wildman–Crippen MR) is 89.6 cm³/mol. The molecule has 1 aromatic carbocycles. The van der Waals surface area contributed by atoms with Gasteiger partial charge in [-0.05, 0) is 45.4 Å². The van der Waals surface area contributed by atoms with E-state index < -0.39 is 0 Å². The normalized spacial score (nSPS) is 11.2. The molecule has 22 heavy (non-hydrogen) atoms. The Morgan fingerprint density at radius 1 is 1.32 bits per heavy atom. The number of pyridine rings is 1. The number of carbonyl (C=O) groups is 1. The number of fused-ring (bicyclic) bond motifs is 1. The Morgan fingerprint density at radius 3 is 2.73 bits per heavy atom. The number of nitrogens with one attached hydrogen (secondary N) is 1. The van der Waals surface area contributed by atoms with Crippen molar-refractivity contribution >= 4 is 28.4 Å². The third-order valence-corrected chi connectivity index (χ3v) is 3.58. The van der Waals surface area contributed by atoms with E-state index in [9.17, 15) is 4.79 Å². The van der Waals surface area contributed by atoms with Gasteiger partial charge in [0.25, 0.3) is 5.91 Å². The van der Waals surface area contributed by atoms with E-state index in [1.54, 1.807) is 6.07 Å². The number of amides is 1. The fraction of sp³-hybridized carbons (Fsp3) is 0.412. The van der Waals surface area contributed by atoms with E-state index in [2.05, 4.69) is 16.4 Å². The van der Waals surface area contributed by atoms with Crippen molar-refractivity contribution in [2.45, 2.75) is 33.8 Å². The number of hydrogen-bond donors (Lipinski definition) is 1. The van der Waals surface area contributed by atoms with E-state index in [1.807, 2.05) is 33.8 Å². The highest BCUT2D eigenvalue weighted by atomic mass is 35.5. The van der Waals surface area contributed by atoms with Crippen LogP contribution >= 0.6 is 11.6 Å². The second-order valence-corrected chi connectivity index (χ2v) is 6.01. The highest BCUT2D eigenvalue weighted by molar-refractivity contribution is 6.33. The first-order valence-electron chi connectivity index (χ1n) is 7.36. The summed E-state index contributed by atoms with van der Waals surface area (Å²) in [5.41, 5.74) is 3.40. The van der Waals surface area contributed by atoms with Gasteiger partial charge in [-0.25, -0.2) is 4.98 Å². The third kappa shape index (κ3) is 3.96. The second-order valence-electron chi connectivity index (χ2n) is 5.66.